The number of carbonyl (C=O) groups excluding carboxylic acids is 1. The lowest BCUT2D eigenvalue weighted by molar-refractivity contribution is 0.0447. The molecule has 0 saturated carbocycles. The predicted octanol–water partition coefficient (Wildman–Crippen LogP) is 1.68. The third-order valence-corrected chi connectivity index (χ3v) is 5.91. The second-order valence-electron chi connectivity index (χ2n) is 8.27. The summed E-state index contributed by atoms with van der Waals surface area (Å²) >= 11 is 0. The van der Waals surface area contributed by atoms with Gasteiger partial charge in [-0.3, -0.25) is 9.59 Å². The van der Waals surface area contributed by atoms with E-state index in [0.717, 1.165) is 48.4 Å². The van der Waals surface area contributed by atoms with Crippen LogP contribution in [0.2, 0.25) is 0 Å². The van der Waals surface area contributed by atoms with Gasteiger partial charge in [-0.25, -0.2) is 9.36 Å². The largest absolute Gasteiger partial charge is 0.360 e. The van der Waals surface area contributed by atoms with E-state index in [2.05, 4.69) is 15.4 Å². The maximum Gasteiger partial charge on any atom is 0.276 e. The molecule has 1 amide bonds. The highest BCUT2D eigenvalue weighted by atomic mass is 16.5. The number of aromatic nitrogens is 5. The van der Waals surface area contributed by atoms with Crippen molar-refractivity contribution in [3.8, 4) is 5.82 Å². The van der Waals surface area contributed by atoms with Gasteiger partial charge in [0.15, 0.2) is 11.5 Å². The Morgan fingerprint density at radius 1 is 1.17 bits per heavy atom. The second kappa shape index (κ2) is 7.23. The number of carbonyl (C=O) groups is 1. The Morgan fingerprint density at radius 2 is 1.97 bits per heavy atom. The molecule has 0 aromatic carbocycles. The van der Waals surface area contributed by atoms with E-state index >= 15 is 0 Å². The Morgan fingerprint density at radius 3 is 2.73 bits per heavy atom. The minimum absolute atomic E-state index is 0.0742. The van der Waals surface area contributed by atoms with Crippen LogP contribution in [0.4, 0.5) is 0 Å². The first-order valence-corrected chi connectivity index (χ1v) is 10.4. The summed E-state index contributed by atoms with van der Waals surface area (Å²) in [5.41, 5.74) is 3.14. The van der Waals surface area contributed by atoms with Crippen molar-refractivity contribution in [1.29, 1.82) is 0 Å². The molecule has 0 N–H and O–H groups in total. The molecule has 9 heteroatoms. The van der Waals surface area contributed by atoms with E-state index in [1.807, 2.05) is 19.9 Å². The minimum Gasteiger partial charge on any atom is -0.360 e. The number of rotatable bonds is 4. The van der Waals surface area contributed by atoms with Crippen molar-refractivity contribution in [2.24, 2.45) is 5.92 Å². The summed E-state index contributed by atoms with van der Waals surface area (Å²) in [5, 5.41) is 13.0. The van der Waals surface area contributed by atoms with Crippen molar-refractivity contribution in [2.75, 3.05) is 13.1 Å². The van der Waals surface area contributed by atoms with Crippen LogP contribution in [0.25, 0.3) is 5.82 Å². The molecule has 3 aromatic heterocycles. The van der Waals surface area contributed by atoms with Gasteiger partial charge in [-0.1, -0.05) is 5.16 Å². The molecule has 4 heterocycles. The van der Waals surface area contributed by atoms with Crippen LogP contribution in [0.5, 0.6) is 0 Å². The van der Waals surface area contributed by atoms with E-state index < -0.39 is 0 Å². The fourth-order valence-electron chi connectivity index (χ4n) is 4.34. The maximum absolute atomic E-state index is 12.8. The van der Waals surface area contributed by atoms with Crippen LogP contribution in [0.1, 0.15) is 46.0 Å². The molecule has 156 valence electrons. The van der Waals surface area contributed by atoms with Gasteiger partial charge in [-0.15, -0.1) is 5.10 Å². The molecule has 1 aliphatic heterocycles. The van der Waals surface area contributed by atoms with Crippen LogP contribution in [0.15, 0.2) is 27.5 Å². The molecule has 0 atom stereocenters. The van der Waals surface area contributed by atoms with E-state index in [0.29, 0.717) is 31.1 Å². The van der Waals surface area contributed by atoms with Crippen molar-refractivity contribution in [3.63, 3.8) is 0 Å². The summed E-state index contributed by atoms with van der Waals surface area (Å²) in [6.07, 6.45) is 3.87. The number of likely N-dealkylation sites (tertiary alicyclic amines) is 1. The summed E-state index contributed by atoms with van der Waals surface area (Å²) in [6, 6.07) is 5.17. The molecule has 1 aliphatic carbocycles. The molecule has 1 saturated heterocycles. The normalized spacial score (nSPS) is 16.4. The summed E-state index contributed by atoms with van der Waals surface area (Å²) in [4.78, 5) is 26.9. The van der Waals surface area contributed by atoms with Gasteiger partial charge in [0.2, 0.25) is 0 Å². The van der Waals surface area contributed by atoms with Gasteiger partial charge in [0.05, 0.1) is 12.2 Å². The van der Waals surface area contributed by atoms with Crippen molar-refractivity contribution in [2.45, 2.75) is 46.1 Å². The van der Waals surface area contributed by atoms with Gasteiger partial charge in [0.1, 0.15) is 5.76 Å². The maximum atomic E-state index is 12.8. The smallest absolute Gasteiger partial charge is 0.276 e. The summed E-state index contributed by atoms with van der Waals surface area (Å²) in [5.74, 6) is 1.58. The van der Waals surface area contributed by atoms with Crippen LogP contribution < -0.4 is 5.56 Å². The average Bonchev–Trinajstić information content (AvgIpc) is 3.28. The third kappa shape index (κ3) is 3.24. The first kappa shape index (κ1) is 18.8. The fraction of sp³-hybridized carbons (Fsp3) is 0.476. The first-order valence-electron chi connectivity index (χ1n) is 10.4. The van der Waals surface area contributed by atoms with Gasteiger partial charge in [0, 0.05) is 42.8 Å². The predicted molar refractivity (Wildman–Crippen MR) is 108 cm³/mol. The molecule has 2 aliphatic rings. The number of fused-ring (bicyclic) bond motifs is 1. The minimum atomic E-state index is -0.157. The highest BCUT2D eigenvalue weighted by molar-refractivity contribution is 5.94. The molecule has 0 radical (unpaired) electrons. The molecular weight excluding hydrogens is 384 g/mol. The zero-order chi connectivity index (χ0) is 20.8. The molecule has 5 rings (SSSR count). The van der Waals surface area contributed by atoms with Crippen LogP contribution in [0, 0.1) is 19.8 Å². The number of hydrogen-bond donors (Lipinski definition) is 0. The van der Waals surface area contributed by atoms with E-state index in [4.69, 9.17) is 4.52 Å². The van der Waals surface area contributed by atoms with Gasteiger partial charge < -0.3 is 9.42 Å². The molecular formula is C21H24N6O3. The van der Waals surface area contributed by atoms with Crippen LogP contribution in [-0.4, -0.2) is 48.6 Å². The van der Waals surface area contributed by atoms with E-state index in [1.54, 1.807) is 15.6 Å². The number of nitrogens with zero attached hydrogens (tertiary/aromatic N) is 6. The zero-order valence-electron chi connectivity index (χ0n) is 17.2. The molecule has 9 nitrogen and oxygen atoms in total. The van der Waals surface area contributed by atoms with Gasteiger partial charge in [-0.05, 0) is 45.2 Å². The number of hydrogen-bond acceptors (Lipinski definition) is 6. The van der Waals surface area contributed by atoms with Gasteiger partial charge in [-0.2, -0.15) is 5.10 Å². The Bertz CT molecular complexity index is 1170. The van der Waals surface area contributed by atoms with E-state index in [9.17, 15) is 9.59 Å². The summed E-state index contributed by atoms with van der Waals surface area (Å²) < 4.78 is 8.57. The highest BCUT2D eigenvalue weighted by Crippen LogP contribution is 2.27. The lowest BCUT2D eigenvalue weighted by atomic mass is 9.94. The molecule has 0 bridgehead atoms. The van der Waals surface area contributed by atoms with Crippen LogP contribution in [-0.2, 0) is 19.4 Å². The first-order chi connectivity index (χ1) is 14.5. The zero-order valence-corrected chi connectivity index (χ0v) is 17.2. The van der Waals surface area contributed by atoms with Crippen LogP contribution in [0.3, 0.4) is 0 Å². The van der Waals surface area contributed by atoms with E-state index in [-0.39, 0.29) is 17.4 Å². The molecule has 3 aromatic rings. The molecule has 30 heavy (non-hydrogen) atoms. The van der Waals surface area contributed by atoms with Crippen molar-refractivity contribution >= 4 is 5.91 Å². The topological polar surface area (TPSA) is 99.1 Å². The van der Waals surface area contributed by atoms with E-state index in [1.165, 1.54) is 10.7 Å². The lowest BCUT2D eigenvalue weighted by Crippen LogP contribution is -2.52. The lowest BCUT2D eigenvalue weighted by Gasteiger charge is -2.38. The van der Waals surface area contributed by atoms with Crippen molar-refractivity contribution in [3.05, 3.63) is 57.0 Å². The van der Waals surface area contributed by atoms with Crippen LogP contribution >= 0.6 is 0 Å². The Hall–Kier alpha value is -3.23. The molecule has 0 unspecified atom stereocenters. The average molecular weight is 408 g/mol. The fourth-order valence-corrected chi connectivity index (χ4v) is 4.34. The van der Waals surface area contributed by atoms with Crippen molar-refractivity contribution < 1.29 is 9.32 Å². The third-order valence-electron chi connectivity index (χ3n) is 5.91. The summed E-state index contributed by atoms with van der Waals surface area (Å²) in [6.45, 7) is 5.50. The molecule has 1 fully saturated rings. The Labute approximate surface area is 173 Å². The summed E-state index contributed by atoms with van der Waals surface area (Å²) in [7, 11) is 0. The van der Waals surface area contributed by atoms with Crippen molar-refractivity contribution in [1.82, 2.24) is 29.6 Å². The van der Waals surface area contributed by atoms with Gasteiger partial charge in [0.25, 0.3) is 11.5 Å². The second-order valence-corrected chi connectivity index (χ2v) is 8.27. The Balaban J connectivity index is 1.27. The highest BCUT2D eigenvalue weighted by Gasteiger charge is 2.35. The SMILES string of the molecule is Cc1cc(C)n(-c2ccc(=O)n(CC3CN(C(=O)c4noc5c4CCCC5)C3)n2)n1. The number of amides is 1. The monoisotopic (exact) mass is 408 g/mol. The molecule has 0 spiro atoms. The van der Waals surface area contributed by atoms with Gasteiger partial charge >= 0.3 is 0 Å². The standard InChI is InChI=1S/C21H24N6O3/c1-13-9-14(2)27(22-13)18-7-8-19(28)26(23-18)12-15-10-25(11-15)21(29)20-16-5-3-4-6-17(16)30-24-20/h7-9,15H,3-6,10-12H2,1-2H3. The Kier molecular flexibility index (Phi) is 4.52. The quantitative estimate of drug-likeness (QED) is 0.651. The number of aryl methyl sites for hydroxylation is 3.